The molecule has 1 aliphatic carbocycles. The summed E-state index contributed by atoms with van der Waals surface area (Å²) in [5.41, 5.74) is 0.994. The zero-order valence-corrected chi connectivity index (χ0v) is 14.0. The van der Waals surface area contributed by atoms with Crippen molar-refractivity contribution >= 4 is 22.6 Å². The maximum atomic E-state index is 11.9. The highest BCUT2D eigenvalue weighted by Crippen LogP contribution is 2.36. The summed E-state index contributed by atoms with van der Waals surface area (Å²) in [5, 5.41) is 0. The third kappa shape index (κ3) is 3.58. The molecule has 0 aromatic carbocycles. The number of hydrogen-bond acceptors (Lipinski definition) is 2. The highest BCUT2D eigenvalue weighted by molar-refractivity contribution is 14.1. The standard InChI is InChI=1S/C15H23IN2O/c1-3-5-10-6-8-11(9-7-10)14-17-12(4-2)13(16)15(19)18-14/h10-11H,3-9H2,1-2H3,(H,17,18,19). The number of aryl methyl sites for hydroxylation is 1. The van der Waals surface area contributed by atoms with Gasteiger partial charge in [0.15, 0.2) is 0 Å². The van der Waals surface area contributed by atoms with Gasteiger partial charge in [-0.05, 0) is 60.6 Å². The van der Waals surface area contributed by atoms with Crippen LogP contribution in [0.25, 0.3) is 0 Å². The molecular weight excluding hydrogens is 351 g/mol. The van der Waals surface area contributed by atoms with Crippen molar-refractivity contribution in [2.24, 2.45) is 5.92 Å². The second-order valence-electron chi connectivity index (χ2n) is 5.57. The zero-order valence-electron chi connectivity index (χ0n) is 11.8. The van der Waals surface area contributed by atoms with Gasteiger partial charge in [0.1, 0.15) is 5.82 Å². The fraction of sp³-hybridized carbons (Fsp3) is 0.733. The topological polar surface area (TPSA) is 45.8 Å². The van der Waals surface area contributed by atoms with Crippen molar-refractivity contribution in [3.63, 3.8) is 0 Å². The van der Waals surface area contributed by atoms with Crippen molar-refractivity contribution in [3.8, 4) is 0 Å². The van der Waals surface area contributed by atoms with Crippen LogP contribution in [-0.4, -0.2) is 9.97 Å². The molecule has 0 radical (unpaired) electrons. The Balaban J connectivity index is 2.11. The van der Waals surface area contributed by atoms with E-state index in [1.807, 2.05) is 0 Å². The van der Waals surface area contributed by atoms with Gasteiger partial charge in [0, 0.05) is 5.92 Å². The molecule has 19 heavy (non-hydrogen) atoms. The van der Waals surface area contributed by atoms with E-state index in [0.717, 1.165) is 27.4 Å². The monoisotopic (exact) mass is 374 g/mol. The van der Waals surface area contributed by atoms with Crippen LogP contribution < -0.4 is 5.56 Å². The van der Waals surface area contributed by atoms with Gasteiger partial charge >= 0.3 is 0 Å². The lowest BCUT2D eigenvalue weighted by Gasteiger charge is -2.27. The van der Waals surface area contributed by atoms with Gasteiger partial charge in [-0.15, -0.1) is 0 Å². The number of aromatic amines is 1. The molecule has 0 unspecified atom stereocenters. The van der Waals surface area contributed by atoms with Crippen LogP contribution in [0, 0.1) is 9.49 Å². The highest BCUT2D eigenvalue weighted by Gasteiger charge is 2.24. The van der Waals surface area contributed by atoms with Crippen molar-refractivity contribution in [3.05, 3.63) is 25.4 Å². The molecule has 1 N–H and O–H groups in total. The molecule has 1 fully saturated rings. The summed E-state index contributed by atoms with van der Waals surface area (Å²) in [6.07, 6.45) is 8.40. The Kier molecular flexibility index (Phi) is 5.42. The average molecular weight is 374 g/mol. The van der Waals surface area contributed by atoms with Crippen molar-refractivity contribution in [2.45, 2.75) is 64.7 Å². The zero-order chi connectivity index (χ0) is 13.8. The summed E-state index contributed by atoms with van der Waals surface area (Å²) < 4.78 is 0.753. The first-order valence-corrected chi connectivity index (χ1v) is 8.52. The molecule has 1 aromatic heterocycles. The summed E-state index contributed by atoms with van der Waals surface area (Å²) in [6, 6.07) is 0. The van der Waals surface area contributed by atoms with E-state index in [-0.39, 0.29) is 5.56 Å². The van der Waals surface area contributed by atoms with E-state index in [2.05, 4.69) is 46.4 Å². The number of aromatic nitrogens is 2. The minimum atomic E-state index is 0.0399. The second kappa shape index (κ2) is 6.86. The predicted octanol–water partition coefficient (Wildman–Crippen LogP) is 4.01. The van der Waals surface area contributed by atoms with Crippen LogP contribution in [-0.2, 0) is 6.42 Å². The maximum absolute atomic E-state index is 11.9. The van der Waals surface area contributed by atoms with Crippen LogP contribution in [0.5, 0.6) is 0 Å². The molecule has 1 aliphatic rings. The number of H-pyrrole nitrogens is 1. The Hall–Kier alpha value is -0.390. The van der Waals surface area contributed by atoms with Crippen molar-refractivity contribution in [2.75, 3.05) is 0 Å². The van der Waals surface area contributed by atoms with Crippen LogP contribution in [0.1, 0.15) is 69.8 Å². The Morgan fingerprint density at radius 1 is 1.26 bits per heavy atom. The first-order valence-electron chi connectivity index (χ1n) is 7.44. The molecule has 0 saturated heterocycles. The molecule has 0 bridgehead atoms. The number of nitrogens with one attached hydrogen (secondary N) is 1. The fourth-order valence-electron chi connectivity index (χ4n) is 3.09. The number of halogens is 1. The third-order valence-electron chi connectivity index (χ3n) is 4.21. The van der Waals surface area contributed by atoms with E-state index in [0.29, 0.717) is 5.92 Å². The summed E-state index contributed by atoms with van der Waals surface area (Å²) in [5.74, 6) is 2.28. The molecule has 3 nitrogen and oxygen atoms in total. The van der Waals surface area contributed by atoms with Gasteiger partial charge < -0.3 is 4.98 Å². The van der Waals surface area contributed by atoms with E-state index in [1.54, 1.807) is 0 Å². The molecule has 1 heterocycles. The molecular formula is C15H23IN2O. The summed E-state index contributed by atoms with van der Waals surface area (Å²) in [4.78, 5) is 19.6. The van der Waals surface area contributed by atoms with Crippen LogP contribution in [0.4, 0.5) is 0 Å². The largest absolute Gasteiger partial charge is 0.309 e. The van der Waals surface area contributed by atoms with Crippen molar-refractivity contribution < 1.29 is 0 Å². The molecule has 0 aliphatic heterocycles. The van der Waals surface area contributed by atoms with Gasteiger partial charge in [-0.2, -0.15) is 0 Å². The summed E-state index contributed by atoms with van der Waals surface area (Å²) in [7, 11) is 0. The molecule has 0 spiro atoms. The SMILES string of the molecule is CCCC1CCC(c2nc(CC)c(I)c(=O)[nH]2)CC1. The lowest BCUT2D eigenvalue weighted by Crippen LogP contribution is -2.22. The Labute approximate surface area is 128 Å². The second-order valence-corrected chi connectivity index (χ2v) is 6.65. The van der Waals surface area contributed by atoms with Gasteiger partial charge in [-0.25, -0.2) is 4.98 Å². The van der Waals surface area contributed by atoms with Crippen molar-refractivity contribution in [1.29, 1.82) is 0 Å². The lowest BCUT2D eigenvalue weighted by atomic mass is 9.80. The molecule has 2 rings (SSSR count). The quantitative estimate of drug-likeness (QED) is 0.810. The fourth-order valence-corrected chi connectivity index (χ4v) is 3.72. The first kappa shape index (κ1) is 15.0. The summed E-state index contributed by atoms with van der Waals surface area (Å²) in [6.45, 7) is 4.32. The minimum absolute atomic E-state index is 0.0399. The van der Waals surface area contributed by atoms with Gasteiger partial charge in [-0.1, -0.05) is 26.7 Å². The Morgan fingerprint density at radius 3 is 2.53 bits per heavy atom. The van der Waals surface area contributed by atoms with E-state index in [1.165, 1.54) is 38.5 Å². The van der Waals surface area contributed by atoms with E-state index >= 15 is 0 Å². The van der Waals surface area contributed by atoms with Crippen LogP contribution in [0.2, 0.25) is 0 Å². The Bertz CT molecular complexity index is 476. The van der Waals surface area contributed by atoms with Crippen LogP contribution >= 0.6 is 22.6 Å². The van der Waals surface area contributed by atoms with E-state index in [4.69, 9.17) is 0 Å². The predicted molar refractivity (Wildman–Crippen MR) is 86.6 cm³/mol. The first-order chi connectivity index (χ1) is 9.15. The van der Waals surface area contributed by atoms with Gasteiger partial charge in [0.05, 0.1) is 9.26 Å². The summed E-state index contributed by atoms with van der Waals surface area (Å²) >= 11 is 2.10. The molecule has 0 amide bonds. The van der Waals surface area contributed by atoms with Crippen LogP contribution in [0.15, 0.2) is 4.79 Å². The normalized spacial score (nSPS) is 23.5. The number of nitrogens with zero attached hydrogens (tertiary/aromatic N) is 1. The molecule has 0 atom stereocenters. The maximum Gasteiger partial charge on any atom is 0.264 e. The highest BCUT2D eigenvalue weighted by atomic mass is 127. The lowest BCUT2D eigenvalue weighted by molar-refractivity contribution is 0.301. The number of hydrogen-bond donors (Lipinski definition) is 1. The Morgan fingerprint density at radius 2 is 1.95 bits per heavy atom. The minimum Gasteiger partial charge on any atom is -0.309 e. The molecule has 1 aromatic rings. The molecule has 1 saturated carbocycles. The van der Waals surface area contributed by atoms with E-state index < -0.39 is 0 Å². The van der Waals surface area contributed by atoms with E-state index in [9.17, 15) is 4.79 Å². The average Bonchev–Trinajstić information content (AvgIpc) is 2.43. The smallest absolute Gasteiger partial charge is 0.264 e. The van der Waals surface area contributed by atoms with Crippen molar-refractivity contribution in [1.82, 2.24) is 9.97 Å². The third-order valence-corrected chi connectivity index (χ3v) is 5.33. The van der Waals surface area contributed by atoms with Gasteiger partial charge in [0.2, 0.25) is 0 Å². The van der Waals surface area contributed by atoms with Gasteiger partial charge in [0.25, 0.3) is 5.56 Å². The number of rotatable bonds is 4. The molecule has 106 valence electrons. The van der Waals surface area contributed by atoms with Crippen LogP contribution in [0.3, 0.4) is 0 Å². The van der Waals surface area contributed by atoms with Gasteiger partial charge in [-0.3, -0.25) is 4.79 Å². The molecule has 4 heteroatoms.